The molecule has 3 N–H and O–H groups in total. The molecular weight excluding hydrogens is 214 g/mol. The molecule has 0 amide bonds. The summed E-state index contributed by atoms with van der Waals surface area (Å²) in [6.45, 7) is 11.0. The second kappa shape index (κ2) is 8.83. The van der Waals surface area contributed by atoms with Crippen LogP contribution in [0.2, 0.25) is 0 Å². The molecule has 0 spiro atoms. The summed E-state index contributed by atoms with van der Waals surface area (Å²) in [6, 6.07) is 0. The van der Waals surface area contributed by atoms with Crippen molar-refractivity contribution in [2.24, 2.45) is 5.73 Å². The Morgan fingerprint density at radius 2 is 1.82 bits per heavy atom. The molecule has 17 heavy (non-hydrogen) atoms. The lowest BCUT2D eigenvalue weighted by molar-refractivity contribution is 0.141. The zero-order valence-electron chi connectivity index (χ0n) is 11.5. The summed E-state index contributed by atoms with van der Waals surface area (Å²) < 4.78 is 0. The second-order valence-corrected chi connectivity index (χ2v) is 4.99. The molecule has 0 aromatic carbocycles. The molecule has 1 saturated heterocycles. The monoisotopic (exact) mass is 243 g/mol. The molecule has 102 valence electrons. The molecule has 5 nitrogen and oxygen atoms in total. The number of nitrogens with one attached hydrogen (secondary N) is 1. The Kier molecular flexibility index (Phi) is 7.72. The predicted octanol–water partition coefficient (Wildman–Crippen LogP) is -1.29. The highest BCUT2D eigenvalue weighted by molar-refractivity contribution is 4.70. The fourth-order valence-corrected chi connectivity index (χ4v) is 1.99. The van der Waals surface area contributed by atoms with E-state index in [9.17, 15) is 0 Å². The van der Waals surface area contributed by atoms with E-state index < -0.39 is 0 Å². The van der Waals surface area contributed by atoms with Crippen LogP contribution in [0.5, 0.6) is 0 Å². The van der Waals surface area contributed by atoms with Crippen LogP contribution < -0.4 is 11.1 Å². The fraction of sp³-hybridized carbons (Fsp3) is 1.00. The van der Waals surface area contributed by atoms with E-state index in [1.54, 1.807) is 0 Å². The average Bonchev–Trinajstić information content (AvgIpc) is 2.34. The SMILES string of the molecule is CN(CCNCCN)CCN1CCN(C)CC1. The Labute approximate surface area is 106 Å². The molecule has 0 bridgehead atoms. The van der Waals surface area contributed by atoms with Crippen molar-refractivity contribution in [2.75, 3.05) is 79.5 Å². The summed E-state index contributed by atoms with van der Waals surface area (Å²) >= 11 is 0. The van der Waals surface area contributed by atoms with Crippen molar-refractivity contribution in [3.63, 3.8) is 0 Å². The van der Waals surface area contributed by atoms with Crippen molar-refractivity contribution in [1.29, 1.82) is 0 Å². The van der Waals surface area contributed by atoms with Gasteiger partial charge in [0.1, 0.15) is 0 Å². The lowest BCUT2D eigenvalue weighted by atomic mass is 10.3. The highest BCUT2D eigenvalue weighted by Gasteiger charge is 2.13. The number of rotatable bonds is 8. The van der Waals surface area contributed by atoms with Gasteiger partial charge in [0.15, 0.2) is 0 Å². The first-order valence-corrected chi connectivity index (χ1v) is 6.72. The lowest BCUT2D eigenvalue weighted by Gasteiger charge is -2.33. The standard InChI is InChI=1S/C12H29N5/c1-15(6-5-14-4-3-13)7-10-17-11-8-16(2)9-12-17/h14H,3-13H2,1-2H3. The molecule has 0 aliphatic carbocycles. The number of likely N-dealkylation sites (N-methyl/N-ethyl adjacent to an activating group) is 2. The molecule has 1 aliphatic heterocycles. The molecule has 1 heterocycles. The van der Waals surface area contributed by atoms with Gasteiger partial charge in [-0.25, -0.2) is 0 Å². The van der Waals surface area contributed by atoms with Crippen molar-refractivity contribution >= 4 is 0 Å². The first-order chi connectivity index (χ1) is 8.22. The van der Waals surface area contributed by atoms with Crippen LogP contribution in [0.25, 0.3) is 0 Å². The molecule has 1 rings (SSSR count). The molecule has 0 aromatic heterocycles. The third-order valence-electron chi connectivity index (χ3n) is 3.39. The van der Waals surface area contributed by atoms with E-state index in [1.807, 2.05) is 0 Å². The van der Waals surface area contributed by atoms with E-state index in [1.165, 1.54) is 32.7 Å². The second-order valence-electron chi connectivity index (χ2n) is 4.99. The zero-order chi connectivity index (χ0) is 12.5. The van der Waals surface area contributed by atoms with Crippen LogP contribution in [0.1, 0.15) is 0 Å². The maximum absolute atomic E-state index is 5.43. The van der Waals surface area contributed by atoms with Crippen LogP contribution in [-0.2, 0) is 0 Å². The molecular formula is C12H29N5. The number of hydrogen-bond acceptors (Lipinski definition) is 5. The summed E-state index contributed by atoms with van der Waals surface area (Å²) in [5, 5.41) is 3.32. The van der Waals surface area contributed by atoms with E-state index >= 15 is 0 Å². The van der Waals surface area contributed by atoms with Gasteiger partial charge < -0.3 is 20.9 Å². The molecule has 0 aromatic rings. The molecule has 0 saturated carbocycles. The van der Waals surface area contributed by atoms with Gasteiger partial charge in [0.2, 0.25) is 0 Å². The van der Waals surface area contributed by atoms with Gasteiger partial charge in [-0.1, -0.05) is 0 Å². The van der Waals surface area contributed by atoms with E-state index in [2.05, 4.69) is 34.1 Å². The Morgan fingerprint density at radius 1 is 1.12 bits per heavy atom. The van der Waals surface area contributed by atoms with Crippen molar-refractivity contribution in [2.45, 2.75) is 0 Å². The van der Waals surface area contributed by atoms with Crippen LogP contribution in [0.3, 0.4) is 0 Å². The number of nitrogens with zero attached hydrogens (tertiary/aromatic N) is 3. The maximum atomic E-state index is 5.43. The summed E-state index contributed by atoms with van der Waals surface area (Å²) in [4.78, 5) is 7.35. The zero-order valence-corrected chi connectivity index (χ0v) is 11.5. The molecule has 0 unspecified atom stereocenters. The first-order valence-electron chi connectivity index (χ1n) is 6.72. The Morgan fingerprint density at radius 3 is 2.47 bits per heavy atom. The predicted molar refractivity (Wildman–Crippen MR) is 73.4 cm³/mol. The number of nitrogens with two attached hydrogens (primary N) is 1. The molecule has 1 fully saturated rings. The van der Waals surface area contributed by atoms with Crippen LogP contribution in [0.15, 0.2) is 0 Å². The summed E-state index contributed by atoms with van der Waals surface area (Å²) in [6.07, 6.45) is 0. The molecule has 5 heteroatoms. The molecule has 1 aliphatic rings. The van der Waals surface area contributed by atoms with Crippen LogP contribution >= 0.6 is 0 Å². The first kappa shape index (κ1) is 14.9. The normalized spacial score (nSPS) is 19.1. The molecule has 0 radical (unpaired) electrons. The van der Waals surface area contributed by atoms with Gasteiger partial charge in [0.25, 0.3) is 0 Å². The third-order valence-corrected chi connectivity index (χ3v) is 3.39. The third kappa shape index (κ3) is 6.95. The largest absolute Gasteiger partial charge is 0.329 e. The van der Waals surface area contributed by atoms with Gasteiger partial charge in [-0.2, -0.15) is 0 Å². The van der Waals surface area contributed by atoms with E-state index in [4.69, 9.17) is 5.73 Å². The quantitative estimate of drug-likeness (QED) is 0.520. The maximum Gasteiger partial charge on any atom is 0.0110 e. The van der Waals surface area contributed by atoms with Crippen molar-refractivity contribution in [3.8, 4) is 0 Å². The van der Waals surface area contributed by atoms with Crippen molar-refractivity contribution < 1.29 is 0 Å². The smallest absolute Gasteiger partial charge is 0.0110 e. The van der Waals surface area contributed by atoms with Crippen LogP contribution in [-0.4, -0.2) is 94.2 Å². The summed E-state index contributed by atoms with van der Waals surface area (Å²) in [7, 11) is 4.40. The topological polar surface area (TPSA) is 47.8 Å². The van der Waals surface area contributed by atoms with Gasteiger partial charge in [-0.15, -0.1) is 0 Å². The summed E-state index contributed by atoms with van der Waals surface area (Å²) in [5.41, 5.74) is 5.43. The highest BCUT2D eigenvalue weighted by atomic mass is 15.3. The minimum atomic E-state index is 0.727. The molecule has 0 atom stereocenters. The van der Waals surface area contributed by atoms with Crippen LogP contribution in [0.4, 0.5) is 0 Å². The Balaban J connectivity index is 1.97. The number of piperazine rings is 1. The van der Waals surface area contributed by atoms with E-state index in [0.717, 1.165) is 32.7 Å². The minimum absolute atomic E-state index is 0.727. The Bertz CT molecular complexity index is 180. The van der Waals surface area contributed by atoms with Gasteiger partial charge in [0.05, 0.1) is 0 Å². The van der Waals surface area contributed by atoms with Gasteiger partial charge in [-0.3, -0.25) is 4.90 Å². The fourth-order valence-electron chi connectivity index (χ4n) is 1.99. The average molecular weight is 243 g/mol. The number of hydrogen-bond donors (Lipinski definition) is 2. The van der Waals surface area contributed by atoms with Gasteiger partial charge in [0, 0.05) is 65.4 Å². The van der Waals surface area contributed by atoms with Gasteiger partial charge in [-0.05, 0) is 14.1 Å². The lowest BCUT2D eigenvalue weighted by Crippen LogP contribution is -2.47. The van der Waals surface area contributed by atoms with E-state index in [-0.39, 0.29) is 0 Å². The van der Waals surface area contributed by atoms with E-state index in [0.29, 0.717) is 0 Å². The summed E-state index contributed by atoms with van der Waals surface area (Å²) in [5.74, 6) is 0. The van der Waals surface area contributed by atoms with Gasteiger partial charge >= 0.3 is 0 Å². The Hall–Kier alpha value is -0.200. The highest BCUT2D eigenvalue weighted by Crippen LogP contribution is 1.98. The van der Waals surface area contributed by atoms with Crippen molar-refractivity contribution in [3.05, 3.63) is 0 Å². The minimum Gasteiger partial charge on any atom is -0.329 e. The van der Waals surface area contributed by atoms with Crippen LogP contribution in [0, 0.1) is 0 Å². The van der Waals surface area contributed by atoms with Crippen molar-refractivity contribution in [1.82, 2.24) is 20.0 Å².